The van der Waals surface area contributed by atoms with Crippen LogP contribution in [0, 0.1) is 0 Å². The normalized spacial score (nSPS) is 17.7. The fourth-order valence-electron chi connectivity index (χ4n) is 2.67. The molecule has 0 N–H and O–H groups in total. The second kappa shape index (κ2) is 7.55. The van der Waals surface area contributed by atoms with E-state index in [1.54, 1.807) is 0 Å². The average Bonchev–Trinajstić information content (AvgIpc) is 3.05. The minimum Gasteiger partial charge on any atom is -0.493 e. The number of halogens is 3. The van der Waals surface area contributed by atoms with Crippen molar-refractivity contribution in [3.05, 3.63) is 23.8 Å². The van der Waals surface area contributed by atoms with Crippen LogP contribution in [0.25, 0.3) is 0 Å². The van der Waals surface area contributed by atoms with Gasteiger partial charge in [0.25, 0.3) is 0 Å². The number of amides is 1. The van der Waals surface area contributed by atoms with Gasteiger partial charge in [-0.3, -0.25) is 9.59 Å². The zero-order valence-electron chi connectivity index (χ0n) is 13.1. The fraction of sp³-hybridized carbons (Fsp3) is 0.500. The molecule has 8 heteroatoms. The first-order chi connectivity index (χ1) is 11.4. The molecule has 1 atom stereocenters. The number of methoxy groups -OCH3 is 1. The third-order valence-corrected chi connectivity index (χ3v) is 3.85. The zero-order valence-corrected chi connectivity index (χ0v) is 13.1. The first-order valence-electron chi connectivity index (χ1n) is 7.49. The number of nitrogens with zero attached hydrogens (tertiary/aromatic N) is 1. The van der Waals surface area contributed by atoms with E-state index in [-0.39, 0.29) is 26.0 Å². The van der Waals surface area contributed by atoms with Crippen molar-refractivity contribution in [3.8, 4) is 11.5 Å². The predicted octanol–water partition coefficient (Wildman–Crippen LogP) is 2.83. The predicted molar refractivity (Wildman–Crippen MR) is 79.3 cm³/mol. The van der Waals surface area contributed by atoms with Crippen LogP contribution in [0.15, 0.2) is 18.2 Å². The highest BCUT2D eigenvalue weighted by atomic mass is 19.4. The van der Waals surface area contributed by atoms with Gasteiger partial charge in [0.05, 0.1) is 20.1 Å². The van der Waals surface area contributed by atoms with Crippen LogP contribution in [-0.4, -0.2) is 49.6 Å². The summed E-state index contributed by atoms with van der Waals surface area (Å²) in [5, 5.41) is 0. The van der Waals surface area contributed by atoms with Crippen molar-refractivity contribution in [1.29, 1.82) is 0 Å². The van der Waals surface area contributed by atoms with Gasteiger partial charge in [0.2, 0.25) is 5.91 Å². The number of aldehydes is 1. The SMILES string of the molecule is COc1cc(C=O)ccc1OCCC(=O)N1CCCC1C(F)(F)F. The van der Waals surface area contributed by atoms with Gasteiger partial charge in [0.15, 0.2) is 11.5 Å². The minimum atomic E-state index is -4.40. The molecular formula is C16H18F3NO4. The quantitative estimate of drug-likeness (QED) is 0.744. The number of likely N-dealkylation sites (tertiary alicyclic amines) is 1. The van der Waals surface area contributed by atoms with Gasteiger partial charge in [-0.05, 0) is 31.0 Å². The van der Waals surface area contributed by atoms with E-state index in [0.29, 0.717) is 29.8 Å². The molecule has 1 aromatic carbocycles. The largest absolute Gasteiger partial charge is 0.493 e. The van der Waals surface area contributed by atoms with Crippen LogP contribution >= 0.6 is 0 Å². The van der Waals surface area contributed by atoms with E-state index in [1.807, 2.05) is 0 Å². The Hall–Kier alpha value is -2.25. The van der Waals surface area contributed by atoms with Crippen molar-refractivity contribution >= 4 is 12.2 Å². The van der Waals surface area contributed by atoms with Gasteiger partial charge < -0.3 is 14.4 Å². The van der Waals surface area contributed by atoms with Crippen LogP contribution in [0.5, 0.6) is 11.5 Å². The van der Waals surface area contributed by atoms with E-state index >= 15 is 0 Å². The average molecular weight is 345 g/mol. The summed E-state index contributed by atoms with van der Waals surface area (Å²) in [6, 6.07) is 2.81. The summed E-state index contributed by atoms with van der Waals surface area (Å²) < 4.78 is 49.1. The Labute approximate surface area is 137 Å². The lowest BCUT2D eigenvalue weighted by atomic mass is 10.2. The summed E-state index contributed by atoms with van der Waals surface area (Å²) in [4.78, 5) is 23.6. The summed E-state index contributed by atoms with van der Waals surface area (Å²) in [7, 11) is 1.40. The standard InChI is InChI=1S/C16H18F3NO4/c1-23-13-9-11(10-21)4-5-12(13)24-8-6-15(22)20-7-2-3-14(20)16(17,18)19/h4-5,9-10,14H,2-3,6-8H2,1H3. The molecule has 0 radical (unpaired) electrons. The highest BCUT2D eigenvalue weighted by Gasteiger charge is 2.47. The molecular weight excluding hydrogens is 327 g/mol. The molecule has 1 fully saturated rings. The van der Waals surface area contributed by atoms with Crippen molar-refractivity contribution in [2.75, 3.05) is 20.3 Å². The van der Waals surface area contributed by atoms with Crippen LogP contribution in [0.3, 0.4) is 0 Å². The Bertz CT molecular complexity index is 603. The molecule has 2 rings (SSSR count). The maximum atomic E-state index is 12.9. The number of carbonyl (C=O) groups is 2. The molecule has 1 unspecified atom stereocenters. The van der Waals surface area contributed by atoms with Gasteiger partial charge in [0.1, 0.15) is 12.3 Å². The number of hydrogen-bond donors (Lipinski definition) is 0. The maximum Gasteiger partial charge on any atom is 0.408 e. The third-order valence-electron chi connectivity index (χ3n) is 3.85. The van der Waals surface area contributed by atoms with Gasteiger partial charge >= 0.3 is 6.18 Å². The minimum absolute atomic E-state index is 0.0585. The van der Waals surface area contributed by atoms with Crippen molar-refractivity contribution in [2.24, 2.45) is 0 Å². The van der Waals surface area contributed by atoms with E-state index in [0.717, 1.165) is 4.90 Å². The van der Waals surface area contributed by atoms with E-state index in [2.05, 4.69) is 0 Å². The summed E-state index contributed by atoms with van der Waals surface area (Å²) in [6.45, 7) is 0.0388. The number of benzene rings is 1. The Morgan fingerprint density at radius 3 is 2.75 bits per heavy atom. The second-order valence-corrected chi connectivity index (χ2v) is 5.41. The fourth-order valence-corrected chi connectivity index (χ4v) is 2.67. The van der Waals surface area contributed by atoms with E-state index in [9.17, 15) is 22.8 Å². The molecule has 1 aliphatic rings. The molecule has 1 aliphatic heterocycles. The number of carbonyl (C=O) groups excluding carboxylic acids is 2. The number of ether oxygens (including phenoxy) is 2. The molecule has 0 aromatic heterocycles. The summed E-state index contributed by atoms with van der Waals surface area (Å²) in [5.74, 6) is 0.0596. The monoisotopic (exact) mass is 345 g/mol. The Morgan fingerprint density at radius 2 is 2.12 bits per heavy atom. The van der Waals surface area contributed by atoms with Crippen LogP contribution in [0.1, 0.15) is 29.6 Å². The molecule has 132 valence electrons. The zero-order chi connectivity index (χ0) is 17.7. The Morgan fingerprint density at radius 1 is 1.38 bits per heavy atom. The van der Waals surface area contributed by atoms with E-state index in [1.165, 1.54) is 25.3 Å². The summed E-state index contributed by atoms with van der Waals surface area (Å²) in [5.41, 5.74) is 0.403. The van der Waals surface area contributed by atoms with Crippen LogP contribution in [0.4, 0.5) is 13.2 Å². The molecule has 1 saturated heterocycles. The molecule has 0 bridgehead atoms. The van der Waals surface area contributed by atoms with Crippen LogP contribution in [-0.2, 0) is 4.79 Å². The molecule has 0 saturated carbocycles. The first kappa shape index (κ1) is 18.1. The Balaban J connectivity index is 1.92. The van der Waals surface area contributed by atoms with Gasteiger partial charge in [0, 0.05) is 12.1 Å². The topological polar surface area (TPSA) is 55.8 Å². The summed E-state index contributed by atoms with van der Waals surface area (Å²) >= 11 is 0. The third kappa shape index (κ3) is 4.18. The van der Waals surface area contributed by atoms with Gasteiger partial charge in [-0.25, -0.2) is 0 Å². The molecule has 24 heavy (non-hydrogen) atoms. The van der Waals surface area contributed by atoms with Gasteiger partial charge in [-0.2, -0.15) is 13.2 Å². The highest BCUT2D eigenvalue weighted by Crippen LogP contribution is 2.33. The second-order valence-electron chi connectivity index (χ2n) is 5.41. The van der Waals surface area contributed by atoms with Gasteiger partial charge in [-0.1, -0.05) is 0 Å². The lowest BCUT2D eigenvalue weighted by molar-refractivity contribution is -0.182. The lowest BCUT2D eigenvalue weighted by Gasteiger charge is -2.26. The molecule has 1 heterocycles. The molecule has 1 amide bonds. The Kier molecular flexibility index (Phi) is 5.69. The number of hydrogen-bond acceptors (Lipinski definition) is 4. The number of rotatable bonds is 6. The van der Waals surface area contributed by atoms with E-state index in [4.69, 9.17) is 9.47 Å². The van der Waals surface area contributed by atoms with E-state index < -0.39 is 18.1 Å². The van der Waals surface area contributed by atoms with Crippen molar-refractivity contribution < 1.29 is 32.2 Å². The molecule has 1 aromatic rings. The maximum absolute atomic E-state index is 12.9. The molecule has 0 aliphatic carbocycles. The van der Waals surface area contributed by atoms with Crippen molar-refractivity contribution in [3.63, 3.8) is 0 Å². The van der Waals surface area contributed by atoms with Gasteiger partial charge in [-0.15, -0.1) is 0 Å². The highest BCUT2D eigenvalue weighted by molar-refractivity contribution is 5.77. The molecule has 5 nitrogen and oxygen atoms in total. The van der Waals surface area contributed by atoms with Crippen LogP contribution in [0.2, 0.25) is 0 Å². The van der Waals surface area contributed by atoms with Crippen LogP contribution < -0.4 is 9.47 Å². The number of alkyl halides is 3. The molecule has 0 spiro atoms. The smallest absolute Gasteiger partial charge is 0.408 e. The first-order valence-corrected chi connectivity index (χ1v) is 7.49. The van der Waals surface area contributed by atoms with Crippen molar-refractivity contribution in [1.82, 2.24) is 4.90 Å². The summed E-state index contributed by atoms with van der Waals surface area (Å²) in [6.07, 6.45) is -3.62. The van der Waals surface area contributed by atoms with Crippen molar-refractivity contribution in [2.45, 2.75) is 31.5 Å². The lowest BCUT2D eigenvalue weighted by Crippen LogP contribution is -2.44.